The van der Waals surface area contributed by atoms with Crippen LogP contribution >= 0.6 is 11.3 Å². The van der Waals surface area contributed by atoms with Crippen molar-refractivity contribution in [2.45, 2.75) is 40.8 Å². The number of aryl methyl sites for hydroxylation is 1. The average Bonchev–Trinajstić information content (AvgIpc) is 3.12. The molecule has 2 heterocycles. The second-order valence-electron chi connectivity index (χ2n) is 7.02. The molecule has 0 radical (unpaired) electrons. The number of anilines is 1. The molecule has 0 aliphatic rings. The summed E-state index contributed by atoms with van der Waals surface area (Å²) >= 11 is 1.16. The van der Waals surface area contributed by atoms with Crippen molar-refractivity contribution in [3.8, 4) is 0 Å². The number of carbonyl (C=O) groups excluding carboxylic acids is 2. The molecule has 2 rings (SSSR count). The molecular weight excluding hydrogens is 362 g/mol. The van der Waals surface area contributed by atoms with E-state index in [4.69, 9.17) is 0 Å². The number of imidazole rings is 1. The number of amides is 2. The van der Waals surface area contributed by atoms with Crippen LogP contribution in [0.3, 0.4) is 0 Å². The summed E-state index contributed by atoms with van der Waals surface area (Å²) in [7, 11) is 1.53. The fourth-order valence-corrected chi connectivity index (χ4v) is 3.22. The highest BCUT2D eigenvalue weighted by Gasteiger charge is 2.24. The number of hydrogen-bond acceptors (Lipinski definition) is 4. The molecule has 0 aliphatic carbocycles. The van der Waals surface area contributed by atoms with Crippen LogP contribution in [0.25, 0.3) is 0 Å². The van der Waals surface area contributed by atoms with Crippen LogP contribution in [0.5, 0.6) is 0 Å². The predicted octanol–water partition coefficient (Wildman–Crippen LogP) is 3.90. The quantitative estimate of drug-likeness (QED) is 0.850. The second-order valence-corrected chi connectivity index (χ2v) is 8.07. The van der Waals surface area contributed by atoms with E-state index in [1.807, 2.05) is 0 Å². The number of hydrogen-bond donors (Lipinski definition) is 1. The van der Waals surface area contributed by atoms with E-state index in [2.05, 4.69) is 10.3 Å². The molecule has 0 fully saturated rings. The van der Waals surface area contributed by atoms with Gasteiger partial charge in [-0.2, -0.15) is 8.78 Å². The van der Waals surface area contributed by atoms with Gasteiger partial charge in [0.05, 0.1) is 16.4 Å². The Hall–Kier alpha value is -2.29. The number of aromatic nitrogens is 2. The molecule has 1 N–H and O–H groups in total. The van der Waals surface area contributed by atoms with Gasteiger partial charge in [0.25, 0.3) is 5.91 Å². The lowest BCUT2D eigenvalue weighted by molar-refractivity contribution is -0.123. The molecule has 0 aliphatic heterocycles. The highest BCUT2D eigenvalue weighted by atomic mass is 32.1. The summed E-state index contributed by atoms with van der Waals surface area (Å²) in [6.07, 6.45) is 2.45. The first-order valence-electron chi connectivity index (χ1n) is 7.98. The molecule has 9 heteroatoms. The molecule has 0 saturated heterocycles. The number of nitrogens with one attached hydrogen (secondary N) is 1. The summed E-state index contributed by atoms with van der Waals surface area (Å²) in [6.45, 7) is 4.41. The number of halogens is 2. The van der Waals surface area contributed by atoms with Gasteiger partial charge in [-0.1, -0.05) is 20.8 Å². The third-order valence-electron chi connectivity index (χ3n) is 3.71. The lowest BCUT2D eigenvalue weighted by atomic mass is 9.96. The summed E-state index contributed by atoms with van der Waals surface area (Å²) in [5.74, 6) is -0.357. The maximum absolute atomic E-state index is 12.9. The predicted molar refractivity (Wildman–Crippen MR) is 96.4 cm³/mol. The largest absolute Gasteiger partial charge is 0.334 e. The Bertz CT molecular complexity index is 808. The third kappa shape index (κ3) is 4.46. The van der Waals surface area contributed by atoms with Crippen LogP contribution in [0, 0.1) is 12.3 Å². The molecule has 2 amide bonds. The molecule has 0 aromatic carbocycles. The number of nitrogens with zero attached hydrogens (tertiary/aromatic N) is 3. The summed E-state index contributed by atoms with van der Waals surface area (Å²) in [6, 6.07) is 1.73. The topological polar surface area (TPSA) is 67.2 Å². The minimum atomic E-state index is -2.71. The second kappa shape index (κ2) is 7.53. The highest BCUT2D eigenvalue weighted by molar-refractivity contribution is 7.18. The zero-order valence-electron chi connectivity index (χ0n) is 15.3. The molecule has 2 aromatic rings. The number of rotatable bonds is 5. The Kier molecular flexibility index (Phi) is 5.80. The van der Waals surface area contributed by atoms with Gasteiger partial charge in [0, 0.05) is 24.9 Å². The van der Waals surface area contributed by atoms with E-state index in [9.17, 15) is 18.4 Å². The Balaban J connectivity index is 2.14. The minimum absolute atomic E-state index is 0.0444. The van der Waals surface area contributed by atoms with Crippen molar-refractivity contribution in [2.24, 2.45) is 5.41 Å². The first-order valence-corrected chi connectivity index (χ1v) is 8.79. The highest BCUT2D eigenvalue weighted by Crippen LogP contribution is 2.29. The average molecular weight is 384 g/mol. The standard InChI is InChI=1S/C17H22F2N4O2S/c1-10-8-12(21-15(25)17(2,3)4)26-13(10)14(24)22(5)9-11-20-6-7-23(11)16(18)19/h6-8,16H,9H2,1-5H3,(H,21,25). The molecule has 2 aromatic heterocycles. The Morgan fingerprint density at radius 3 is 2.62 bits per heavy atom. The summed E-state index contributed by atoms with van der Waals surface area (Å²) in [5, 5.41) is 3.38. The fourth-order valence-electron chi connectivity index (χ4n) is 2.16. The maximum Gasteiger partial charge on any atom is 0.319 e. The fraction of sp³-hybridized carbons (Fsp3) is 0.471. The van der Waals surface area contributed by atoms with Gasteiger partial charge in [-0.05, 0) is 18.6 Å². The maximum atomic E-state index is 12.9. The van der Waals surface area contributed by atoms with Crippen LogP contribution < -0.4 is 5.32 Å². The van der Waals surface area contributed by atoms with Crippen LogP contribution in [0.15, 0.2) is 18.5 Å². The number of alkyl halides is 2. The van der Waals surface area contributed by atoms with Crippen LogP contribution in [-0.4, -0.2) is 33.3 Å². The monoisotopic (exact) mass is 384 g/mol. The van der Waals surface area contributed by atoms with E-state index in [1.165, 1.54) is 24.3 Å². The minimum Gasteiger partial charge on any atom is -0.334 e. The van der Waals surface area contributed by atoms with Gasteiger partial charge in [0.2, 0.25) is 5.91 Å². The molecular formula is C17H22F2N4O2S. The van der Waals surface area contributed by atoms with Crippen LogP contribution in [0.2, 0.25) is 0 Å². The first-order chi connectivity index (χ1) is 12.0. The molecule has 0 atom stereocenters. The van der Waals surface area contributed by atoms with Crippen LogP contribution in [-0.2, 0) is 11.3 Å². The number of carbonyl (C=O) groups is 2. The zero-order valence-corrected chi connectivity index (χ0v) is 16.2. The smallest absolute Gasteiger partial charge is 0.319 e. The lowest BCUT2D eigenvalue weighted by Crippen LogP contribution is -2.28. The molecule has 26 heavy (non-hydrogen) atoms. The van der Waals surface area contributed by atoms with Gasteiger partial charge in [-0.15, -0.1) is 11.3 Å². The Morgan fingerprint density at radius 2 is 2.04 bits per heavy atom. The molecule has 0 unspecified atom stereocenters. The van der Waals surface area contributed by atoms with Crippen molar-refractivity contribution < 1.29 is 18.4 Å². The summed E-state index contributed by atoms with van der Waals surface area (Å²) < 4.78 is 26.5. The zero-order chi connectivity index (χ0) is 19.6. The van der Waals surface area contributed by atoms with Gasteiger partial charge in [-0.25, -0.2) is 4.98 Å². The van der Waals surface area contributed by atoms with E-state index in [0.717, 1.165) is 15.9 Å². The lowest BCUT2D eigenvalue weighted by Gasteiger charge is -2.17. The number of thiophene rings is 1. The third-order valence-corrected chi connectivity index (χ3v) is 4.85. The molecule has 0 spiro atoms. The summed E-state index contributed by atoms with van der Waals surface area (Å²) in [5.41, 5.74) is 0.166. The van der Waals surface area contributed by atoms with E-state index < -0.39 is 12.0 Å². The van der Waals surface area contributed by atoms with E-state index in [-0.39, 0.29) is 24.2 Å². The van der Waals surface area contributed by atoms with Crippen molar-refractivity contribution in [2.75, 3.05) is 12.4 Å². The van der Waals surface area contributed by atoms with Crippen molar-refractivity contribution in [3.05, 3.63) is 34.7 Å². The van der Waals surface area contributed by atoms with Crippen LogP contribution in [0.1, 0.15) is 48.4 Å². The van der Waals surface area contributed by atoms with Gasteiger partial charge in [0.15, 0.2) is 0 Å². The Morgan fingerprint density at radius 1 is 1.38 bits per heavy atom. The summed E-state index contributed by atoms with van der Waals surface area (Å²) in [4.78, 5) is 30.4. The van der Waals surface area contributed by atoms with Gasteiger partial charge < -0.3 is 10.2 Å². The molecule has 142 valence electrons. The van der Waals surface area contributed by atoms with E-state index >= 15 is 0 Å². The van der Waals surface area contributed by atoms with Crippen molar-refractivity contribution in [1.29, 1.82) is 0 Å². The van der Waals surface area contributed by atoms with E-state index in [0.29, 0.717) is 15.4 Å². The van der Waals surface area contributed by atoms with Crippen LogP contribution in [0.4, 0.5) is 13.8 Å². The normalized spacial score (nSPS) is 11.7. The molecule has 0 saturated carbocycles. The molecule has 6 nitrogen and oxygen atoms in total. The van der Waals surface area contributed by atoms with Crippen molar-refractivity contribution in [3.63, 3.8) is 0 Å². The Labute approximate surface area is 154 Å². The van der Waals surface area contributed by atoms with E-state index in [1.54, 1.807) is 33.8 Å². The van der Waals surface area contributed by atoms with Gasteiger partial charge in [0.1, 0.15) is 5.82 Å². The SMILES string of the molecule is Cc1cc(NC(=O)C(C)(C)C)sc1C(=O)N(C)Cc1nccn1C(F)F. The van der Waals surface area contributed by atoms with Crippen molar-refractivity contribution >= 4 is 28.2 Å². The molecule has 0 bridgehead atoms. The van der Waals surface area contributed by atoms with Gasteiger partial charge >= 0.3 is 6.55 Å². The van der Waals surface area contributed by atoms with Gasteiger partial charge in [-0.3, -0.25) is 14.2 Å². The first kappa shape index (κ1) is 20.0. The van der Waals surface area contributed by atoms with Crippen molar-refractivity contribution in [1.82, 2.24) is 14.5 Å².